The van der Waals surface area contributed by atoms with Crippen molar-refractivity contribution in [2.75, 3.05) is 12.3 Å². The van der Waals surface area contributed by atoms with E-state index in [4.69, 9.17) is 5.73 Å². The van der Waals surface area contributed by atoms with Crippen molar-refractivity contribution in [3.8, 4) is 5.69 Å². The Morgan fingerprint density at radius 1 is 1.36 bits per heavy atom. The van der Waals surface area contributed by atoms with E-state index in [0.29, 0.717) is 5.75 Å². The van der Waals surface area contributed by atoms with Gasteiger partial charge in [-0.3, -0.25) is 9.59 Å². The van der Waals surface area contributed by atoms with E-state index in [1.54, 1.807) is 21.8 Å². The molecule has 0 saturated carbocycles. The largest absolute Gasteiger partial charge is 0.480 e. The summed E-state index contributed by atoms with van der Waals surface area (Å²) < 4.78 is 0.597. The van der Waals surface area contributed by atoms with Gasteiger partial charge in [-0.2, -0.15) is 5.10 Å². The van der Waals surface area contributed by atoms with Gasteiger partial charge in [-0.15, -0.1) is 11.8 Å². The summed E-state index contributed by atoms with van der Waals surface area (Å²) in [7, 11) is 0. The Kier molecular flexibility index (Phi) is 4.01. The molecule has 3 atom stereocenters. The molecule has 9 heteroatoms. The molecule has 3 heterocycles. The summed E-state index contributed by atoms with van der Waals surface area (Å²) in [5.74, 6) is -0.729. The molecule has 0 bridgehead atoms. The van der Waals surface area contributed by atoms with Crippen molar-refractivity contribution in [3.05, 3.63) is 42.6 Å². The second-order valence-electron chi connectivity index (χ2n) is 6.01. The van der Waals surface area contributed by atoms with Gasteiger partial charge in [0.2, 0.25) is 5.91 Å². The van der Waals surface area contributed by atoms with Gasteiger partial charge in [0.05, 0.1) is 11.9 Å². The van der Waals surface area contributed by atoms with Crippen LogP contribution in [0.5, 0.6) is 0 Å². The summed E-state index contributed by atoms with van der Waals surface area (Å²) >= 11 is 2.67. The number of aliphatic carboxylic acids is 1. The summed E-state index contributed by atoms with van der Waals surface area (Å²) in [6, 6.07) is 10.8. The molecule has 7 nitrogen and oxygen atoms in total. The Morgan fingerprint density at radius 3 is 2.84 bits per heavy atom. The van der Waals surface area contributed by atoms with Gasteiger partial charge in [0.25, 0.3) is 0 Å². The van der Waals surface area contributed by atoms with Crippen molar-refractivity contribution in [1.29, 1.82) is 0 Å². The van der Waals surface area contributed by atoms with Crippen LogP contribution in [0.4, 0.5) is 0 Å². The summed E-state index contributed by atoms with van der Waals surface area (Å²) in [6.07, 6.45) is 1.65. The zero-order chi connectivity index (χ0) is 17.6. The molecule has 1 unspecified atom stereocenters. The zero-order valence-electron chi connectivity index (χ0n) is 13.1. The van der Waals surface area contributed by atoms with Gasteiger partial charge in [-0.25, -0.2) is 4.68 Å². The first-order chi connectivity index (χ1) is 12.0. The Hall–Kier alpha value is -1.97. The van der Waals surface area contributed by atoms with Crippen LogP contribution in [-0.4, -0.2) is 60.1 Å². The average Bonchev–Trinajstić information content (AvgIpc) is 3.09. The van der Waals surface area contributed by atoms with Gasteiger partial charge in [-0.1, -0.05) is 30.0 Å². The van der Waals surface area contributed by atoms with Crippen LogP contribution in [0.25, 0.3) is 5.69 Å². The molecule has 2 aliphatic rings. The predicted molar refractivity (Wildman–Crippen MR) is 95.7 cm³/mol. The number of benzene rings is 1. The first kappa shape index (κ1) is 16.5. The van der Waals surface area contributed by atoms with Crippen molar-refractivity contribution in [2.24, 2.45) is 5.73 Å². The van der Waals surface area contributed by atoms with Gasteiger partial charge in [0.15, 0.2) is 0 Å². The molecule has 4 rings (SSSR count). The normalized spacial score (nSPS) is 28.4. The summed E-state index contributed by atoms with van der Waals surface area (Å²) in [5.41, 5.74) is 6.66. The Morgan fingerprint density at radius 2 is 2.12 bits per heavy atom. The number of nitrogens with two attached hydrogens (primary N) is 1. The second-order valence-corrected chi connectivity index (χ2v) is 8.52. The molecule has 1 aromatic heterocycles. The van der Waals surface area contributed by atoms with Crippen molar-refractivity contribution in [3.63, 3.8) is 0 Å². The maximum atomic E-state index is 12.1. The first-order valence-electron chi connectivity index (χ1n) is 7.71. The molecule has 1 amide bonds. The molecule has 0 aliphatic carbocycles. The average molecular weight is 376 g/mol. The maximum Gasteiger partial charge on any atom is 0.322 e. The monoisotopic (exact) mass is 376 g/mol. The number of carboxylic acid groups (broad SMARTS) is 1. The van der Waals surface area contributed by atoms with Gasteiger partial charge < -0.3 is 15.7 Å². The summed E-state index contributed by atoms with van der Waals surface area (Å²) in [5, 5.41) is 14.8. The lowest BCUT2D eigenvalue weighted by Gasteiger charge is -2.52. The summed E-state index contributed by atoms with van der Waals surface area (Å²) in [6.45, 7) is 0.150. The first-order valence-corrected chi connectivity index (χ1v) is 9.58. The maximum absolute atomic E-state index is 12.1. The highest BCUT2D eigenvalue weighted by Gasteiger charge is 2.56. The number of carbonyl (C=O) groups is 2. The van der Waals surface area contributed by atoms with E-state index in [-0.39, 0.29) is 17.8 Å². The summed E-state index contributed by atoms with van der Waals surface area (Å²) in [4.78, 5) is 25.6. The predicted octanol–water partition coefficient (Wildman–Crippen LogP) is 1.03. The molecule has 2 aromatic rings. The molecule has 3 N–H and O–H groups in total. The topological polar surface area (TPSA) is 101 Å². The molecule has 0 spiro atoms. The fourth-order valence-corrected chi connectivity index (χ4v) is 5.86. The fraction of sp³-hybridized carbons (Fsp3) is 0.312. The highest BCUT2D eigenvalue weighted by atomic mass is 32.2. The van der Waals surface area contributed by atoms with E-state index in [0.717, 1.165) is 10.7 Å². The van der Waals surface area contributed by atoms with Crippen LogP contribution in [0, 0.1) is 0 Å². The number of nitrogens with zero attached hydrogens (tertiary/aromatic N) is 3. The van der Waals surface area contributed by atoms with Crippen molar-refractivity contribution in [2.45, 2.75) is 21.2 Å². The lowest BCUT2D eigenvalue weighted by atomic mass is 10.0. The van der Waals surface area contributed by atoms with E-state index in [9.17, 15) is 14.7 Å². The third-order valence-corrected chi connectivity index (χ3v) is 7.48. The third kappa shape index (κ3) is 2.62. The standard InChI is InChI=1S/C16H16N4O3S2/c17-12-13(21)19-8-16(15(22)23,9-24-14(12)19)25-11-6-7-18-20(11)10-4-2-1-3-5-10/h1-7,12,14H,8-9,17H2,(H,22,23)/t12-,14-,16?/m1/s1. The highest BCUT2D eigenvalue weighted by Crippen LogP contribution is 2.46. The lowest BCUT2D eigenvalue weighted by Crippen LogP contribution is -2.73. The highest BCUT2D eigenvalue weighted by molar-refractivity contribution is 8.05. The van der Waals surface area contributed by atoms with Crippen LogP contribution in [0.3, 0.4) is 0 Å². The Bertz CT molecular complexity index is 828. The van der Waals surface area contributed by atoms with Gasteiger partial charge >= 0.3 is 5.97 Å². The second kappa shape index (κ2) is 6.08. The third-order valence-electron chi connectivity index (χ3n) is 4.39. The number of aromatic nitrogens is 2. The number of hydrogen-bond acceptors (Lipinski definition) is 6. The van der Waals surface area contributed by atoms with Crippen LogP contribution in [0.15, 0.2) is 47.6 Å². The van der Waals surface area contributed by atoms with Crippen molar-refractivity contribution >= 4 is 35.4 Å². The smallest absolute Gasteiger partial charge is 0.322 e. The number of amides is 1. The van der Waals surface area contributed by atoms with Gasteiger partial charge in [-0.05, 0) is 18.2 Å². The van der Waals surface area contributed by atoms with Crippen LogP contribution in [0.2, 0.25) is 0 Å². The number of rotatable bonds is 4. The Labute approximate surface area is 152 Å². The van der Waals surface area contributed by atoms with E-state index in [1.165, 1.54) is 23.5 Å². The van der Waals surface area contributed by atoms with E-state index < -0.39 is 16.8 Å². The minimum absolute atomic E-state index is 0.111. The van der Waals surface area contributed by atoms with Crippen LogP contribution in [-0.2, 0) is 9.59 Å². The molecule has 1 aromatic carbocycles. The Balaban J connectivity index is 1.63. The number of thioether (sulfide) groups is 2. The van der Waals surface area contributed by atoms with E-state index in [2.05, 4.69) is 5.10 Å². The molecule has 2 aliphatic heterocycles. The SMILES string of the molecule is N[C@@H]1C(=O)N2CC(Sc3ccnn3-c3ccccc3)(C(=O)O)CS[C@H]12. The van der Waals surface area contributed by atoms with Crippen LogP contribution < -0.4 is 5.73 Å². The van der Waals surface area contributed by atoms with E-state index in [1.807, 2.05) is 30.3 Å². The van der Waals surface area contributed by atoms with Crippen molar-refractivity contribution in [1.82, 2.24) is 14.7 Å². The number of fused-ring (bicyclic) bond motifs is 1. The van der Waals surface area contributed by atoms with Crippen LogP contribution in [0.1, 0.15) is 0 Å². The molecular formula is C16H16N4O3S2. The number of para-hydroxylation sites is 1. The van der Waals surface area contributed by atoms with Crippen molar-refractivity contribution < 1.29 is 14.7 Å². The van der Waals surface area contributed by atoms with Crippen LogP contribution >= 0.6 is 23.5 Å². The molecular weight excluding hydrogens is 360 g/mol. The zero-order valence-corrected chi connectivity index (χ0v) is 14.7. The molecule has 2 fully saturated rings. The van der Waals surface area contributed by atoms with Gasteiger partial charge in [0.1, 0.15) is 21.2 Å². The quantitative estimate of drug-likeness (QED) is 0.769. The van der Waals surface area contributed by atoms with E-state index >= 15 is 0 Å². The molecule has 130 valence electrons. The molecule has 25 heavy (non-hydrogen) atoms. The number of hydrogen-bond donors (Lipinski definition) is 2. The minimum atomic E-state index is -1.12. The minimum Gasteiger partial charge on any atom is -0.480 e. The molecule has 0 radical (unpaired) electrons. The molecule has 2 saturated heterocycles. The number of β-lactam (4-membered cyclic amide) rings is 1. The van der Waals surface area contributed by atoms with Gasteiger partial charge in [0, 0.05) is 12.3 Å². The lowest BCUT2D eigenvalue weighted by molar-refractivity contribution is -0.148. The number of carbonyl (C=O) groups excluding carboxylic acids is 1. The fourth-order valence-electron chi connectivity index (χ4n) is 3.02. The number of carboxylic acids is 1.